The number of rotatable bonds is 5. The molecule has 0 aromatic heterocycles. The van der Waals surface area contributed by atoms with Crippen molar-refractivity contribution in [1.82, 2.24) is 9.73 Å². The number of amides is 1. The van der Waals surface area contributed by atoms with Crippen LogP contribution in [0.4, 0.5) is 0 Å². The zero-order valence-electron chi connectivity index (χ0n) is 15.4. The van der Waals surface area contributed by atoms with E-state index in [2.05, 4.69) is 10.5 Å². The molecule has 1 saturated heterocycles. The maximum atomic E-state index is 12.4. The lowest BCUT2D eigenvalue weighted by atomic mass is 9.99. The van der Waals surface area contributed by atoms with E-state index in [0.29, 0.717) is 19.4 Å². The highest BCUT2D eigenvalue weighted by Gasteiger charge is 2.30. The summed E-state index contributed by atoms with van der Waals surface area (Å²) in [4.78, 5) is 12.4. The van der Waals surface area contributed by atoms with E-state index in [1.807, 2.05) is 36.4 Å². The Morgan fingerprint density at radius 2 is 2.00 bits per heavy atom. The van der Waals surface area contributed by atoms with E-state index in [0.717, 1.165) is 22.1 Å². The van der Waals surface area contributed by atoms with E-state index < -0.39 is 15.9 Å². The van der Waals surface area contributed by atoms with Crippen molar-refractivity contribution in [3.63, 3.8) is 0 Å². The van der Waals surface area contributed by atoms with E-state index in [4.69, 9.17) is 4.74 Å². The smallest absolute Gasteiger partial charge is 0.244 e. The summed E-state index contributed by atoms with van der Waals surface area (Å²) in [5.74, 6) is 0.116. The Bertz CT molecular complexity index is 972. The third-order valence-corrected chi connectivity index (χ3v) is 6.01. The summed E-state index contributed by atoms with van der Waals surface area (Å²) in [6, 6.07) is 11.5. The SMILES string of the molecule is COc1ccc(/C=N\NC(=O)[C@@H]2CCCN(S(C)(=O)=O)C2)c2ccccc12. The fourth-order valence-electron chi connectivity index (χ4n) is 3.30. The van der Waals surface area contributed by atoms with Crippen LogP contribution in [0.25, 0.3) is 10.8 Å². The summed E-state index contributed by atoms with van der Waals surface area (Å²) < 4.78 is 30.1. The van der Waals surface area contributed by atoms with E-state index in [-0.39, 0.29) is 12.5 Å². The Kier molecular flexibility index (Phi) is 5.76. The van der Waals surface area contributed by atoms with Crippen LogP contribution in [0, 0.1) is 5.92 Å². The molecule has 0 radical (unpaired) electrons. The first-order valence-corrected chi connectivity index (χ1v) is 10.6. The molecule has 8 heteroatoms. The second kappa shape index (κ2) is 8.06. The number of nitrogens with one attached hydrogen (secondary N) is 1. The first-order chi connectivity index (χ1) is 12.9. The van der Waals surface area contributed by atoms with Gasteiger partial charge in [0.1, 0.15) is 5.75 Å². The largest absolute Gasteiger partial charge is 0.496 e. The molecule has 1 amide bonds. The zero-order chi connectivity index (χ0) is 19.4. The quantitative estimate of drug-likeness (QED) is 0.626. The fraction of sp³-hybridized carbons (Fsp3) is 0.368. The third kappa shape index (κ3) is 4.45. The van der Waals surface area contributed by atoms with Crippen LogP contribution in [0.5, 0.6) is 5.75 Å². The predicted molar refractivity (Wildman–Crippen MR) is 105 cm³/mol. The van der Waals surface area contributed by atoms with Gasteiger partial charge in [0.2, 0.25) is 15.9 Å². The number of hydrazone groups is 1. The lowest BCUT2D eigenvalue weighted by molar-refractivity contribution is -0.126. The number of sulfonamides is 1. The predicted octanol–water partition coefficient (Wildman–Crippen LogP) is 1.97. The highest BCUT2D eigenvalue weighted by molar-refractivity contribution is 7.88. The van der Waals surface area contributed by atoms with Crippen molar-refractivity contribution in [3.8, 4) is 5.75 Å². The molecule has 0 unspecified atom stereocenters. The van der Waals surface area contributed by atoms with Gasteiger partial charge in [0, 0.05) is 24.0 Å². The summed E-state index contributed by atoms with van der Waals surface area (Å²) in [6.45, 7) is 0.662. The Morgan fingerprint density at radius 1 is 1.26 bits per heavy atom. The first kappa shape index (κ1) is 19.3. The second-order valence-corrected chi connectivity index (χ2v) is 8.58. The molecule has 144 valence electrons. The van der Waals surface area contributed by atoms with Crippen molar-refractivity contribution < 1.29 is 17.9 Å². The highest BCUT2D eigenvalue weighted by atomic mass is 32.2. The van der Waals surface area contributed by atoms with Gasteiger partial charge in [-0.25, -0.2) is 18.1 Å². The van der Waals surface area contributed by atoms with Gasteiger partial charge >= 0.3 is 0 Å². The number of ether oxygens (including phenoxy) is 1. The molecule has 1 heterocycles. The molecule has 0 aliphatic carbocycles. The standard InChI is InChI=1S/C19H23N3O4S/c1-26-18-10-9-14(16-7-3-4-8-17(16)18)12-20-21-19(23)15-6-5-11-22(13-15)27(2,24)25/h3-4,7-10,12,15H,5-6,11,13H2,1-2H3,(H,21,23)/b20-12-/t15-/m1/s1. The van der Waals surface area contributed by atoms with Crippen LogP contribution < -0.4 is 10.2 Å². The van der Waals surface area contributed by atoms with Gasteiger partial charge in [-0.2, -0.15) is 5.10 Å². The number of hydrogen-bond donors (Lipinski definition) is 1. The first-order valence-electron chi connectivity index (χ1n) is 8.74. The number of methoxy groups -OCH3 is 1. The molecule has 2 aromatic carbocycles. The molecule has 3 rings (SSSR count). The summed E-state index contributed by atoms with van der Waals surface area (Å²) in [5.41, 5.74) is 3.40. The molecule has 0 spiro atoms. The average Bonchev–Trinajstić information content (AvgIpc) is 2.67. The van der Waals surface area contributed by atoms with Crippen molar-refractivity contribution in [2.45, 2.75) is 12.8 Å². The summed E-state index contributed by atoms with van der Waals surface area (Å²) in [5, 5.41) is 6.01. The molecular formula is C19H23N3O4S. The molecule has 1 fully saturated rings. The van der Waals surface area contributed by atoms with Gasteiger partial charge in [-0.1, -0.05) is 24.3 Å². The van der Waals surface area contributed by atoms with Crippen LogP contribution >= 0.6 is 0 Å². The van der Waals surface area contributed by atoms with Gasteiger partial charge in [0.05, 0.1) is 25.5 Å². The van der Waals surface area contributed by atoms with E-state index in [1.165, 1.54) is 10.6 Å². The van der Waals surface area contributed by atoms with Crippen LogP contribution in [0.1, 0.15) is 18.4 Å². The van der Waals surface area contributed by atoms with Gasteiger partial charge in [-0.3, -0.25) is 4.79 Å². The lowest BCUT2D eigenvalue weighted by Crippen LogP contribution is -2.44. The number of fused-ring (bicyclic) bond motifs is 1. The minimum absolute atomic E-state index is 0.200. The lowest BCUT2D eigenvalue weighted by Gasteiger charge is -2.29. The van der Waals surface area contributed by atoms with Crippen LogP contribution in [0.3, 0.4) is 0 Å². The minimum atomic E-state index is -3.28. The summed E-state index contributed by atoms with van der Waals surface area (Å²) >= 11 is 0. The maximum Gasteiger partial charge on any atom is 0.244 e. The molecule has 1 aliphatic heterocycles. The Morgan fingerprint density at radius 3 is 2.70 bits per heavy atom. The normalized spacial score (nSPS) is 18.7. The third-order valence-electron chi connectivity index (χ3n) is 4.74. The van der Waals surface area contributed by atoms with Crippen LogP contribution in [-0.2, 0) is 14.8 Å². The number of nitrogens with zero attached hydrogens (tertiary/aromatic N) is 2. The van der Waals surface area contributed by atoms with Crippen molar-refractivity contribution in [3.05, 3.63) is 42.0 Å². The van der Waals surface area contributed by atoms with E-state index >= 15 is 0 Å². The number of carbonyl (C=O) groups excluding carboxylic acids is 1. The molecule has 0 saturated carbocycles. The van der Waals surface area contributed by atoms with Crippen LogP contribution in [0.2, 0.25) is 0 Å². The number of piperidine rings is 1. The van der Waals surface area contributed by atoms with Crippen LogP contribution in [-0.4, -0.2) is 51.3 Å². The zero-order valence-corrected chi connectivity index (χ0v) is 16.2. The monoisotopic (exact) mass is 389 g/mol. The maximum absolute atomic E-state index is 12.4. The Balaban J connectivity index is 1.71. The molecular weight excluding hydrogens is 366 g/mol. The fourth-order valence-corrected chi connectivity index (χ4v) is 4.21. The van der Waals surface area contributed by atoms with Crippen molar-refractivity contribution in [1.29, 1.82) is 0 Å². The van der Waals surface area contributed by atoms with Gasteiger partial charge in [0.15, 0.2) is 0 Å². The molecule has 2 aromatic rings. The molecule has 1 N–H and O–H groups in total. The van der Waals surface area contributed by atoms with Crippen molar-refractivity contribution in [2.75, 3.05) is 26.5 Å². The molecule has 27 heavy (non-hydrogen) atoms. The van der Waals surface area contributed by atoms with Gasteiger partial charge in [-0.05, 0) is 30.4 Å². The molecule has 0 bridgehead atoms. The number of benzene rings is 2. The van der Waals surface area contributed by atoms with Crippen molar-refractivity contribution >= 4 is 32.9 Å². The van der Waals surface area contributed by atoms with Gasteiger partial charge in [-0.15, -0.1) is 0 Å². The number of hydrogen-bond acceptors (Lipinski definition) is 5. The molecule has 1 atom stereocenters. The highest BCUT2D eigenvalue weighted by Crippen LogP contribution is 2.27. The average molecular weight is 389 g/mol. The minimum Gasteiger partial charge on any atom is -0.496 e. The summed E-state index contributed by atoms with van der Waals surface area (Å²) in [7, 11) is -1.66. The van der Waals surface area contributed by atoms with Crippen molar-refractivity contribution in [2.24, 2.45) is 11.0 Å². The Hall–Kier alpha value is -2.45. The van der Waals surface area contributed by atoms with E-state index in [9.17, 15) is 13.2 Å². The van der Waals surface area contributed by atoms with Gasteiger partial charge < -0.3 is 4.74 Å². The van der Waals surface area contributed by atoms with E-state index in [1.54, 1.807) is 13.3 Å². The number of carbonyl (C=O) groups is 1. The topological polar surface area (TPSA) is 88.1 Å². The van der Waals surface area contributed by atoms with Crippen LogP contribution in [0.15, 0.2) is 41.5 Å². The summed E-state index contributed by atoms with van der Waals surface area (Å²) in [6.07, 6.45) is 4.08. The molecule has 7 nitrogen and oxygen atoms in total. The molecule has 1 aliphatic rings. The van der Waals surface area contributed by atoms with Gasteiger partial charge in [0.25, 0.3) is 0 Å². The Labute approximate surface area is 159 Å². The second-order valence-electron chi connectivity index (χ2n) is 6.60.